The summed E-state index contributed by atoms with van der Waals surface area (Å²) >= 11 is 5.00. The molecule has 0 spiro atoms. The fraction of sp³-hybridized carbons (Fsp3) is 0.333. The second-order valence-electron chi connectivity index (χ2n) is 3.78. The number of rotatable bonds is 5. The van der Waals surface area contributed by atoms with Crippen LogP contribution in [0.15, 0.2) is 18.2 Å². The molecule has 1 aromatic rings. The number of anilines is 1. The molecule has 0 aliphatic heterocycles. The zero-order valence-corrected chi connectivity index (χ0v) is 11.5. The minimum absolute atomic E-state index is 0.0887. The van der Waals surface area contributed by atoms with Crippen LogP contribution in [0, 0.1) is 0 Å². The van der Waals surface area contributed by atoms with Gasteiger partial charge in [-0.1, -0.05) is 12.2 Å². The number of likely N-dealkylation sites (N-methyl/N-ethyl adjacent to an activating group) is 2. The van der Waals surface area contributed by atoms with Crippen molar-refractivity contribution in [2.75, 3.05) is 32.6 Å². The van der Waals surface area contributed by atoms with Crippen LogP contribution in [0.4, 0.5) is 5.69 Å². The molecule has 0 unspecified atom stereocenters. The highest BCUT2D eigenvalue weighted by Crippen LogP contribution is 2.25. The maximum absolute atomic E-state index is 11.4. The van der Waals surface area contributed by atoms with E-state index in [1.165, 1.54) is 0 Å². The number of nitrogens with one attached hydrogen (secondary N) is 1. The molecule has 1 amide bonds. The highest BCUT2D eigenvalue weighted by Gasteiger charge is 2.13. The smallest absolute Gasteiger partial charge is 0.239 e. The van der Waals surface area contributed by atoms with Crippen molar-refractivity contribution in [3.63, 3.8) is 0 Å². The lowest BCUT2D eigenvalue weighted by Gasteiger charge is -2.21. The number of methoxy groups -OCH3 is 1. The van der Waals surface area contributed by atoms with Gasteiger partial charge in [-0.2, -0.15) is 0 Å². The number of carbonyl (C=O) groups excluding carboxylic acids is 1. The highest BCUT2D eigenvalue weighted by atomic mass is 32.1. The maximum Gasteiger partial charge on any atom is 0.239 e. The van der Waals surface area contributed by atoms with Crippen molar-refractivity contribution < 1.29 is 9.53 Å². The number of hydrogen-bond acceptors (Lipinski definition) is 4. The van der Waals surface area contributed by atoms with E-state index in [0.29, 0.717) is 5.75 Å². The summed E-state index contributed by atoms with van der Waals surface area (Å²) in [5, 5.41) is 2.57. The highest BCUT2D eigenvalue weighted by molar-refractivity contribution is 7.80. The molecule has 18 heavy (non-hydrogen) atoms. The summed E-state index contributed by atoms with van der Waals surface area (Å²) in [6, 6.07) is 5.38. The van der Waals surface area contributed by atoms with Crippen molar-refractivity contribution in [3.05, 3.63) is 23.8 Å². The van der Waals surface area contributed by atoms with Gasteiger partial charge in [0.2, 0.25) is 5.91 Å². The van der Waals surface area contributed by atoms with Gasteiger partial charge in [-0.25, -0.2) is 0 Å². The number of carbonyl (C=O) groups is 1. The Balaban J connectivity index is 3.10. The molecule has 0 heterocycles. The first kappa shape index (κ1) is 14.2. The van der Waals surface area contributed by atoms with Crippen LogP contribution in [0.25, 0.3) is 0 Å². The van der Waals surface area contributed by atoms with E-state index in [1.54, 1.807) is 44.3 Å². The van der Waals surface area contributed by atoms with Gasteiger partial charge in [-0.05, 0) is 12.1 Å². The Hall–Kier alpha value is -1.82. The monoisotopic (exact) mass is 267 g/mol. The number of benzene rings is 1. The molecular formula is C12H17N3O2S. The molecule has 5 nitrogen and oxygen atoms in total. The van der Waals surface area contributed by atoms with Crippen LogP contribution in [-0.4, -0.2) is 38.6 Å². The van der Waals surface area contributed by atoms with E-state index in [1.807, 2.05) is 0 Å². The molecule has 6 heteroatoms. The van der Waals surface area contributed by atoms with E-state index in [2.05, 4.69) is 5.32 Å². The summed E-state index contributed by atoms with van der Waals surface area (Å²) in [5.74, 6) is 0.600. The molecule has 0 aliphatic rings. The predicted octanol–water partition coefficient (Wildman–Crippen LogP) is 0.512. The third-order valence-electron chi connectivity index (χ3n) is 2.54. The van der Waals surface area contributed by atoms with Crippen LogP contribution in [0.2, 0.25) is 0 Å². The van der Waals surface area contributed by atoms with E-state index in [0.717, 1.165) is 11.3 Å². The van der Waals surface area contributed by atoms with Crippen molar-refractivity contribution in [3.8, 4) is 5.75 Å². The third-order valence-corrected chi connectivity index (χ3v) is 2.76. The van der Waals surface area contributed by atoms with Crippen molar-refractivity contribution >= 4 is 28.8 Å². The van der Waals surface area contributed by atoms with Crippen molar-refractivity contribution in [1.82, 2.24) is 5.32 Å². The van der Waals surface area contributed by atoms with Gasteiger partial charge in [0.05, 0.1) is 19.3 Å². The lowest BCUT2D eigenvalue weighted by molar-refractivity contribution is -0.119. The minimum Gasteiger partial charge on any atom is -0.497 e. The largest absolute Gasteiger partial charge is 0.497 e. The van der Waals surface area contributed by atoms with Gasteiger partial charge < -0.3 is 20.7 Å². The Morgan fingerprint density at radius 2 is 2.22 bits per heavy atom. The van der Waals surface area contributed by atoms with Crippen LogP contribution in [0.5, 0.6) is 5.75 Å². The second kappa shape index (κ2) is 6.20. The lowest BCUT2D eigenvalue weighted by atomic mass is 10.1. The topological polar surface area (TPSA) is 67.6 Å². The first-order chi connectivity index (χ1) is 8.49. The first-order valence-electron chi connectivity index (χ1n) is 5.39. The van der Waals surface area contributed by atoms with Gasteiger partial charge in [0.1, 0.15) is 10.7 Å². The van der Waals surface area contributed by atoms with E-state index in [-0.39, 0.29) is 17.4 Å². The second-order valence-corrected chi connectivity index (χ2v) is 4.22. The fourth-order valence-corrected chi connectivity index (χ4v) is 1.71. The summed E-state index contributed by atoms with van der Waals surface area (Å²) in [7, 11) is 4.97. The standard InChI is InChI=1S/C12H17N3O2S/c1-14-11(16)7-15(2)10-6-8(17-3)4-5-9(10)12(13)18/h4-6H,7H2,1-3H3,(H2,13,18)(H,14,16). The average molecular weight is 267 g/mol. The van der Waals surface area contributed by atoms with Crippen molar-refractivity contribution in [2.24, 2.45) is 5.73 Å². The minimum atomic E-state index is -0.0887. The average Bonchev–Trinajstić information content (AvgIpc) is 2.37. The fourth-order valence-electron chi connectivity index (χ4n) is 1.54. The number of hydrogen-bond donors (Lipinski definition) is 2. The SMILES string of the molecule is CNC(=O)CN(C)c1cc(OC)ccc1C(N)=S. The third kappa shape index (κ3) is 3.33. The van der Waals surface area contributed by atoms with E-state index < -0.39 is 0 Å². The molecule has 3 N–H and O–H groups in total. The van der Waals surface area contributed by atoms with Gasteiger partial charge in [0.15, 0.2) is 0 Å². The molecule has 0 saturated carbocycles. The number of ether oxygens (including phenoxy) is 1. The zero-order chi connectivity index (χ0) is 13.7. The summed E-state index contributed by atoms with van der Waals surface area (Å²) in [6.45, 7) is 0.222. The van der Waals surface area contributed by atoms with Crippen molar-refractivity contribution in [2.45, 2.75) is 0 Å². The van der Waals surface area contributed by atoms with Gasteiger partial charge in [0.25, 0.3) is 0 Å². The normalized spacial score (nSPS) is 9.72. The quantitative estimate of drug-likeness (QED) is 0.761. The molecule has 98 valence electrons. The molecule has 1 rings (SSSR count). The number of nitrogens with two attached hydrogens (primary N) is 1. The van der Waals surface area contributed by atoms with Gasteiger partial charge in [-0.3, -0.25) is 4.79 Å². The molecule has 0 radical (unpaired) electrons. The number of thiocarbonyl (C=S) groups is 1. The van der Waals surface area contributed by atoms with Crippen LogP contribution in [-0.2, 0) is 4.79 Å². The van der Waals surface area contributed by atoms with Crippen LogP contribution in [0.1, 0.15) is 5.56 Å². The summed E-state index contributed by atoms with van der Waals surface area (Å²) in [4.78, 5) is 13.4. The van der Waals surface area contributed by atoms with Crippen molar-refractivity contribution in [1.29, 1.82) is 0 Å². The van der Waals surface area contributed by atoms with Gasteiger partial charge >= 0.3 is 0 Å². The van der Waals surface area contributed by atoms with Crippen LogP contribution < -0.4 is 20.7 Å². The Kier molecular flexibility index (Phi) is 4.91. The summed E-state index contributed by atoms with van der Waals surface area (Å²) in [6.07, 6.45) is 0. The van der Waals surface area contributed by atoms with E-state index in [4.69, 9.17) is 22.7 Å². The summed E-state index contributed by atoms with van der Waals surface area (Å²) in [5.41, 5.74) is 7.16. The van der Waals surface area contributed by atoms with E-state index >= 15 is 0 Å². The van der Waals surface area contributed by atoms with Gasteiger partial charge in [-0.15, -0.1) is 0 Å². The molecule has 0 aromatic heterocycles. The molecule has 0 atom stereocenters. The molecule has 0 fully saturated rings. The zero-order valence-electron chi connectivity index (χ0n) is 10.7. The van der Waals surface area contributed by atoms with Gasteiger partial charge in [0, 0.05) is 25.7 Å². The van der Waals surface area contributed by atoms with Crippen LogP contribution >= 0.6 is 12.2 Å². The molecule has 0 saturated heterocycles. The Bertz CT molecular complexity index is 463. The molecule has 0 bridgehead atoms. The predicted molar refractivity (Wildman–Crippen MR) is 76.2 cm³/mol. The Morgan fingerprint density at radius 1 is 1.56 bits per heavy atom. The first-order valence-corrected chi connectivity index (χ1v) is 5.80. The Morgan fingerprint density at radius 3 is 2.72 bits per heavy atom. The summed E-state index contributed by atoms with van der Waals surface area (Å²) < 4.78 is 5.16. The molecule has 1 aromatic carbocycles. The maximum atomic E-state index is 11.4. The number of nitrogens with zero attached hydrogens (tertiary/aromatic N) is 1. The molecular weight excluding hydrogens is 250 g/mol. The van der Waals surface area contributed by atoms with Crippen LogP contribution in [0.3, 0.4) is 0 Å². The lowest BCUT2D eigenvalue weighted by Crippen LogP contribution is -2.34. The van der Waals surface area contributed by atoms with E-state index in [9.17, 15) is 4.79 Å². The Labute approximate surface area is 112 Å². The molecule has 0 aliphatic carbocycles. The number of amides is 1.